The van der Waals surface area contributed by atoms with Crippen LogP contribution in [0.25, 0.3) is 0 Å². The number of hydrogen-bond donors (Lipinski definition) is 2. The van der Waals surface area contributed by atoms with E-state index >= 15 is 0 Å². The number of ether oxygens (including phenoxy) is 2. The minimum absolute atomic E-state index is 0.0489. The van der Waals surface area contributed by atoms with Gasteiger partial charge < -0.3 is 35.4 Å². The number of nitrogens with zero attached hydrogens (tertiary/aromatic N) is 7. The van der Waals surface area contributed by atoms with E-state index in [1.165, 1.54) is 9.13 Å². The number of guanidine groups is 1. The van der Waals surface area contributed by atoms with Crippen LogP contribution in [0.5, 0.6) is 0 Å². The number of hydrogen-bond acceptors (Lipinski definition) is 12. The van der Waals surface area contributed by atoms with Gasteiger partial charge in [0.1, 0.15) is 38.7 Å². The van der Waals surface area contributed by atoms with E-state index in [1.807, 2.05) is 0 Å². The molecule has 0 aliphatic carbocycles. The van der Waals surface area contributed by atoms with Crippen molar-refractivity contribution in [2.45, 2.75) is 65.5 Å². The zero-order valence-corrected chi connectivity index (χ0v) is 23.0. The zero-order valence-electron chi connectivity index (χ0n) is 23.0. The second-order valence-corrected chi connectivity index (χ2v) is 8.73. The van der Waals surface area contributed by atoms with Crippen LogP contribution in [0.3, 0.4) is 0 Å². The maximum absolute atomic E-state index is 12.0. The Morgan fingerprint density at radius 2 is 1.31 bits per heavy atom. The summed E-state index contributed by atoms with van der Waals surface area (Å²) in [6, 6.07) is 0. The van der Waals surface area contributed by atoms with E-state index in [9.17, 15) is 39.4 Å². The third-order valence-electron chi connectivity index (χ3n) is 5.67. The van der Waals surface area contributed by atoms with E-state index in [0.29, 0.717) is 11.6 Å². The van der Waals surface area contributed by atoms with Crippen molar-refractivity contribution >= 4 is 41.3 Å². The molecule has 19 heteroatoms. The number of esters is 2. The van der Waals surface area contributed by atoms with Crippen molar-refractivity contribution in [3.63, 3.8) is 0 Å². The quantitative estimate of drug-likeness (QED) is 0.0889. The molecule has 228 valence electrons. The molecule has 0 saturated carbocycles. The topological polar surface area (TPSA) is 259 Å². The van der Waals surface area contributed by atoms with Gasteiger partial charge in [0, 0.05) is 39.5 Å². The molecule has 0 unspecified atom stereocenters. The second kappa shape index (κ2) is 16.1. The molecule has 2 rings (SSSR count). The minimum atomic E-state index is -0.679. The first-order valence-electron chi connectivity index (χ1n) is 12.7. The van der Waals surface area contributed by atoms with Gasteiger partial charge in [-0.25, -0.2) is 19.1 Å². The Balaban J connectivity index is 1.59. The van der Waals surface area contributed by atoms with Gasteiger partial charge in [-0.05, 0) is 22.7 Å². The minimum Gasteiger partial charge on any atom is -0.461 e. The molecule has 2 amide bonds. The van der Waals surface area contributed by atoms with Crippen molar-refractivity contribution < 1.29 is 38.5 Å². The number of nitro groups is 2. The fourth-order valence-corrected chi connectivity index (χ4v) is 3.60. The maximum atomic E-state index is 12.0. The summed E-state index contributed by atoms with van der Waals surface area (Å²) in [4.78, 5) is 79.6. The van der Waals surface area contributed by atoms with Crippen LogP contribution in [-0.4, -0.2) is 71.9 Å². The Hall–Kier alpha value is -5.23. The van der Waals surface area contributed by atoms with Crippen molar-refractivity contribution in [1.82, 2.24) is 24.4 Å². The molecule has 0 atom stereocenters. The number of rotatable bonds is 16. The zero-order chi connectivity index (χ0) is 31.2. The summed E-state index contributed by atoms with van der Waals surface area (Å²) in [6.07, 6.45) is 1.98. The Morgan fingerprint density at radius 1 is 0.857 bits per heavy atom. The van der Waals surface area contributed by atoms with Gasteiger partial charge in [0.25, 0.3) is 0 Å². The molecule has 0 aliphatic heterocycles. The van der Waals surface area contributed by atoms with Crippen LogP contribution >= 0.6 is 0 Å². The van der Waals surface area contributed by atoms with Crippen LogP contribution in [-0.2, 0) is 41.7 Å². The lowest BCUT2D eigenvalue weighted by Crippen LogP contribution is -2.37. The van der Waals surface area contributed by atoms with Gasteiger partial charge in [-0.1, -0.05) is 0 Å². The second-order valence-electron chi connectivity index (χ2n) is 8.73. The summed E-state index contributed by atoms with van der Waals surface area (Å²) in [5, 5.41) is 24.2. The summed E-state index contributed by atoms with van der Waals surface area (Å²) in [5.41, 5.74) is 5.56. The largest absolute Gasteiger partial charge is 0.461 e. The number of aliphatic imine (C=N–C) groups is 1. The molecule has 0 fully saturated rings. The van der Waals surface area contributed by atoms with Crippen molar-refractivity contribution in [3.05, 3.63) is 44.3 Å². The number of nitrogens with two attached hydrogens (primary N) is 1. The number of imidazole rings is 2. The summed E-state index contributed by atoms with van der Waals surface area (Å²) >= 11 is 0. The van der Waals surface area contributed by atoms with Crippen molar-refractivity contribution in [2.24, 2.45) is 10.7 Å². The van der Waals surface area contributed by atoms with Gasteiger partial charge in [0.05, 0.1) is 0 Å². The molecule has 2 heterocycles. The Bertz CT molecular complexity index is 1350. The van der Waals surface area contributed by atoms with Gasteiger partial charge in [-0.15, -0.1) is 0 Å². The highest BCUT2D eigenvalue weighted by atomic mass is 16.6. The van der Waals surface area contributed by atoms with Gasteiger partial charge in [-0.2, -0.15) is 4.99 Å². The van der Waals surface area contributed by atoms with Crippen LogP contribution in [0.1, 0.15) is 50.2 Å². The number of nitrogens with one attached hydrogen (secondary N) is 1. The van der Waals surface area contributed by atoms with Gasteiger partial charge in [0.2, 0.25) is 17.8 Å². The fourth-order valence-electron chi connectivity index (χ4n) is 3.60. The van der Waals surface area contributed by atoms with Crippen molar-refractivity contribution in [2.75, 3.05) is 13.2 Å². The number of aryl methyl sites for hydroxylation is 2. The Labute approximate surface area is 238 Å². The predicted molar refractivity (Wildman–Crippen MR) is 142 cm³/mol. The van der Waals surface area contributed by atoms with Crippen LogP contribution in [0.4, 0.5) is 11.6 Å². The molecule has 42 heavy (non-hydrogen) atoms. The SMILES string of the molecule is Cc1ncc([N+](=O)[O-])n1CCOC(=O)CCCC(=O)N=C(N)NC(=O)CCCC(=O)OCCn1c([N+](=O)[O-])cnc1C. The first-order chi connectivity index (χ1) is 19.9. The summed E-state index contributed by atoms with van der Waals surface area (Å²) in [5.74, 6) is -2.54. The van der Waals surface area contributed by atoms with E-state index in [0.717, 1.165) is 12.4 Å². The number of amides is 2. The summed E-state index contributed by atoms with van der Waals surface area (Å²) in [6.45, 7) is 3.04. The highest BCUT2D eigenvalue weighted by Gasteiger charge is 2.19. The van der Waals surface area contributed by atoms with E-state index < -0.39 is 39.6 Å². The molecule has 2 aromatic rings. The molecule has 0 spiro atoms. The first-order valence-corrected chi connectivity index (χ1v) is 12.7. The molecule has 0 aromatic carbocycles. The van der Waals surface area contributed by atoms with Crippen LogP contribution < -0.4 is 11.1 Å². The lowest BCUT2D eigenvalue weighted by atomic mass is 10.2. The fraction of sp³-hybridized carbons (Fsp3) is 0.522. The summed E-state index contributed by atoms with van der Waals surface area (Å²) in [7, 11) is 0. The smallest absolute Gasteiger partial charge is 0.342 e. The average Bonchev–Trinajstić information content (AvgIpc) is 3.46. The number of carbonyl (C=O) groups excluding carboxylic acids is 4. The standard InChI is InChI=1S/C23H31N9O10/c1-15-25-13-19(31(37)38)29(15)9-11-41-21(35)7-3-5-17(33)27-23(24)28-18(34)6-4-8-22(36)42-12-10-30-16(2)26-14-20(30)32(39)40/h13-14H,3-12H2,1-2H3,(H3,24,27,28,33,34). The van der Waals surface area contributed by atoms with Gasteiger partial charge in [-0.3, -0.25) is 24.5 Å². The summed E-state index contributed by atoms with van der Waals surface area (Å²) < 4.78 is 12.7. The lowest BCUT2D eigenvalue weighted by Gasteiger charge is -2.06. The molecular weight excluding hydrogens is 562 g/mol. The van der Waals surface area contributed by atoms with E-state index in [1.54, 1.807) is 13.8 Å². The predicted octanol–water partition coefficient (Wildman–Crippen LogP) is 0.598. The van der Waals surface area contributed by atoms with Crippen LogP contribution in [0.2, 0.25) is 0 Å². The third kappa shape index (κ3) is 10.7. The molecular formula is C23H31N9O10. The van der Waals surface area contributed by atoms with Crippen LogP contribution in [0, 0.1) is 34.1 Å². The number of carbonyl (C=O) groups is 4. The van der Waals surface area contributed by atoms with E-state index in [4.69, 9.17) is 15.2 Å². The normalized spacial score (nSPS) is 11.1. The average molecular weight is 594 g/mol. The van der Waals surface area contributed by atoms with Crippen molar-refractivity contribution in [3.8, 4) is 0 Å². The lowest BCUT2D eigenvalue weighted by molar-refractivity contribution is -0.392. The third-order valence-corrected chi connectivity index (χ3v) is 5.67. The van der Waals surface area contributed by atoms with Crippen LogP contribution in [0.15, 0.2) is 17.4 Å². The molecule has 3 N–H and O–H groups in total. The first kappa shape index (κ1) is 33.0. The van der Waals surface area contributed by atoms with E-state index in [2.05, 4.69) is 20.3 Å². The Morgan fingerprint density at radius 3 is 1.76 bits per heavy atom. The monoisotopic (exact) mass is 593 g/mol. The Kier molecular flexibility index (Phi) is 12.7. The number of aromatic nitrogens is 4. The molecule has 0 bridgehead atoms. The molecule has 0 radical (unpaired) electrons. The molecule has 19 nitrogen and oxygen atoms in total. The maximum Gasteiger partial charge on any atom is 0.342 e. The van der Waals surface area contributed by atoms with Gasteiger partial charge in [0.15, 0.2) is 11.6 Å². The molecule has 2 aromatic heterocycles. The molecule has 0 aliphatic rings. The van der Waals surface area contributed by atoms with E-state index in [-0.39, 0.29) is 76.5 Å². The highest BCUT2D eigenvalue weighted by molar-refractivity contribution is 6.01. The highest BCUT2D eigenvalue weighted by Crippen LogP contribution is 2.14. The van der Waals surface area contributed by atoms with Crippen molar-refractivity contribution in [1.29, 1.82) is 0 Å². The van der Waals surface area contributed by atoms with Gasteiger partial charge >= 0.3 is 23.6 Å². The molecule has 0 saturated heterocycles.